The van der Waals surface area contributed by atoms with Crippen molar-refractivity contribution in [2.75, 3.05) is 11.9 Å². The summed E-state index contributed by atoms with van der Waals surface area (Å²) >= 11 is 1.68. The number of aryl methyl sites for hydroxylation is 1. The van der Waals surface area contributed by atoms with Crippen molar-refractivity contribution in [3.8, 4) is 10.6 Å². The molecular formula is C11H16N4S. The molecule has 5 heteroatoms. The topological polar surface area (TPSA) is 42.7 Å². The zero-order valence-corrected chi connectivity index (χ0v) is 10.4. The number of anilines is 1. The molecule has 0 amide bonds. The Kier molecular flexibility index (Phi) is 3.56. The van der Waals surface area contributed by atoms with E-state index >= 15 is 0 Å². The quantitative estimate of drug-likeness (QED) is 0.868. The van der Waals surface area contributed by atoms with Gasteiger partial charge in [0.1, 0.15) is 0 Å². The van der Waals surface area contributed by atoms with Crippen molar-refractivity contribution in [2.45, 2.75) is 26.8 Å². The van der Waals surface area contributed by atoms with Crippen LogP contribution in [0, 0.1) is 0 Å². The number of rotatable bonds is 5. The maximum Gasteiger partial charge on any atom is 0.183 e. The third kappa shape index (κ3) is 2.24. The van der Waals surface area contributed by atoms with E-state index in [0.717, 1.165) is 35.2 Å². The second-order valence-corrected chi connectivity index (χ2v) is 4.52. The van der Waals surface area contributed by atoms with Crippen molar-refractivity contribution in [3.63, 3.8) is 0 Å². The molecular weight excluding hydrogens is 220 g/mol. The van der Waals surface area contributed by atoms with E-state index in [2.05, 4.69) is 29.2 Å². The number of aromatic nitrogens is 3. The maximum absolute atomic E-state index is 4.35. The summed E-state index contributed by atoms with van der Waals surface area (Å²) in [6.45, 7) is 6.10. The average Bonchev–Trinajstić information content (AvgIpc) is 2.94. The average molecular weight is 236 g/mol. The minimum atomic E-state index is 0.887. The number of nitrogens with one attached hydrogen (secondary N) is 1. The highest BCUT2D eigenvalue weighted by molar-refractivity contribution is 7.18. The Morgan fingerprint density at radius 3 is 3.06 bits per heavy atom. The molecule has 0 aliphatic rings. The van der Waals surface area contributed by atoms with Crippen LogP contribution in [-0.2, 0) is 6.54 Å². The van der Waals surface area contributed by atoms with Gasteiger partial charge in [0.25, 0.3) is 0 Å². The van der Waals surface area contributed by atoms with Crippen molar-refractivity contribution in [1.82, 2.24) is 14.8 Å². The Hall–Kier alpha value is -1.36. The molecule has 0 atom stereocenters. The van der Waals surface area contributed by atoms with Crippen LogP contribution in [0.3, 0.4) is 0 Å². The Labute approximate surface area is 99.3 Å². The van der Waals surface area contributed by atoms with Gasteiger partial charge < -0.3 is 5.32 Å². The Bertz CT molecular complexity index is 446. The molecule has 2 heterocycles. The number of hydrogen-bond acceptors (Lipinski definition) is 4. The molecule has 2 aromatic heterocycles. The molecule has 86 valence electrons. The maximum atomic E-state index is 4.35. The number of nitrogens with zero attached hydrogens (tertiary/aromatic N) is 3. The first-order valence-corrected chi connectivity index (χ1v) is 6.38. The third-order valence-corrected chi connectivity index (χ3v) is 3.28. The van der Waals surface area contributed by atoms with Crippen LogP contribution < -0.4 is 5.32 Å². The fraction of sp³-hybridized carbons (Fsp3) is 0.455. The third-order valence-electron chi connectivity index (χ3n) is 2.30. The first-order chi connectivity index (χ1) is 7.85. The molecule has 0 bridgehead atoms. The van der Waals surface area contributed by atoms with Crippen molar-refractivity contribution >= 4 is 16.5 Å². The van der Waals surface area contributed by atoms with Crippen LogP contribution in [0.2, 0.25) is 0 Å². The molecule has 0 aromatic carbocycles. The summed E-state index contributed by atoms with van der Waals surface area (Å²) in [7, 11) is 0. The Morgan fingerprint density at radius 1 is 1.44 bits per heavy atom. The first-order valence-electron chi connectivity index (χ1n) is 5.57. The summed E-state index contributed by atoms with van der Waals surface area (Å²) in [6.07, 6.45) is 4.85. The van der Waals surface area contributed by atoms with E-state index in [1.807, 2.05) is 23.1 Å². The lowest BCUT2D eigenvalue weighted by atomic mass is 10.4. The van der Waals surface area contributed by atoms with Crippen LogP contribution in [0.25, 0.3) is 10.6 Å². The summed E-state index contributed by atoms with van der Waals surface area (Å²) in [6, 6.07) is 2.03. The molecule has 16 heavy (non-hydrogen) atoms. The van der Waals surface area contributed by atoms with Gasteiger partial charge in [-0.05, 0) is 19.4 Å². The van der Waals surface area contributed by atoms with Gasteiger partial charge in [0, 0.05) is 25.5 Å². The van der Waals surface area contributed by atoms with E-state index in [-0.39, 0.29) is 0 Å². The van der Waals surface area contributed by atoms with Gasteiger partial charge in [-0.15, -0.1) is 0 Å². The van der Waals surface area contributed by atoms with Gasteiger partial charge in [0.2, 0.25) is 0 Å². The van der Waals surface area contributed by atoms with Crippen LogP contribution >= 0.6 is 11.3 Å². The van der Waals surface area contributed by atoms with E-state index in [4.69, 9.17) is 0 Å². The van der Waals surface area contributed by atoms with Gasteiger partial charge in [-0.2, -0.15) is 5.10 Å². The van der Waals surface area contributed by atoms with Crippen LogP contribution in [0.15, 0.2) is 18.5 Å². The van der Waals surface area contributed by atoms with E-state index in [0.29, 0.717) is 0 Å². The molecule has 4 nitrogen and oxygen atoms in total. The van der Waals surface area contributed by atoms with Gasteiger partial charge in [-0.1, -0.05) is 18.3 Å². The van der Waals surface area contributed by atoms with Crippen LogP contribution in [-0.4, -0.2) is 21.3 Å². The SMILES string of the molecule is CCCNc1ncc(-c2ccnn2CC)s1. The van der Waals surface area contributed by atoms with Gasteiger partial charge in [-0.25, -0.2) is 4.98 Å². The lowest BCUT2D eigenvalue weighted by Crippen LogP contribution is -1.98. The molecule has 0 spiro atoms. The normalized spacial score (nSPS) is 10.6. The second kappa shape index (κ2) is 5.12. The highest BCUT2D eigenvalue weighted by Crippen LogP contribution is 2.28. The van der Waals surface area contributed by atoms with Gasteiger partial charge >= 0.3 is 0 Å². The summed E-state index contributed by atoms with van der Waals surface area (Å²) < 4.78 is 1.98. The lowest BCUT2D eigenvalue weighted by molar-refractivity contribution is 0.668. The summed E-state index contributed by atoms with van der Waals surface area (Å²) in [5, 5.41) is 8.54. The van der Waals surface area contributed by atoms with Gasteiger partial charge in [0.05, 0.1) is 10.6 Å². The van der Waals surface area contributed by atoms with Gasteiger partial charge in [-0.3, -0.25) is 4.68 Å². The van der Waals surface area contributed by atoms with Crippen molar-refractivity contribution in [2.24, 2.45) is 0 Å². The van der Waals surface area contributed by atoms with E-state index in [1.54, 1.807) is 11.3 Å². The monoisotopic (exact) mass is 236 g/mol. The van der Waals surface area contributed by atoms with E-state index in [1.165, 1.54) is 0 Å². The zero-order chi connectivity index (χ0) is 11.4. The van der Waals surface area contributed by atoms with Crippen molar-refractivity contribution in [3.05, 3.63) is 18.5 Å². The lowest BCUT2D eigenvalue weighted by Gasteiger charge is -2.00. The summed E-state index contributed by atoms with van der Waals surface area (Å²) in [5.74, 6) is 0. The molecule has 0 aliphatic heterocycles. The van der Waals surface area contributed by atoms with Crippen LogP contribution in [0.4, 0.5) is 5.13 Å². The zero-order valence-electron chi connectivity index (χ0n) is 9.60. The van der Waals surface area contributed by atoms with E-state index < -0.39 is 0 Å². The molecule has 0 saturated carbocycles. The first kappa shape index (κ1) is 11.1. The second-order valence-electron chi connectivity index (χ2n) is 3.49. The standard InChI is InChI=1S/C11H16N4S/c1-3-6-12-11-13-8-10(16-11)9-5-7-14-15(9)4-2/h5,7-8H,3-4,6H2,1-2H3,(H,12,13). The predicted molar refractivity (Wildman–Crippen MR) is 67.8 cm³/mol. The molecule has 2 aromatic rings. The largest absolute Gasteiger partial charge is 0.362 e. The van der Waals surface area contributed by atoms with Gasteiger partial charge in [0.15, 0.2) is 5.13 Å². The highest BCUT2D eigenvalue weighted by atomic mass is 32.1. The number of hydrogen-bond donors (Lipinski definition) is 1. The highest BCUT2D eigenvalue weighted by Gasteiger charge is 2.08. The Morgan fingerprint density at radius 2 is 2.31 bits per heavy atom. The summed E-state index contributed by atoms with van der Waals surface area (Å²) in [5.41, 5.74) is 1.14. The van der Waals surface area contributed by atoms with Crippen molar-refractivity contribution < 1.29 is 0 Å². The fourth-order valence-corrected chi connectivity index (χ4v) is 2.37. The molecule has 0 aliphatic carbocycles. The Balaban J connectivity index is 2.18. The minimum Gasteiger partial charge on any atom is -0.362 e. The van der Waals surface area contributed by atoms with Crippen molar-refractivity contribution in [1.29, 1.82) is 0 Å². The fourth-order valence-electron chi connectivity index (χ4n) is 1.50. The minimum absolute atomic E-state index is 0.887. The van der Waals surface area contributed by atoms with Crippen LogP contribution in [0.5, 0.6) is 0 Å². The molecule has 0 unspecified atom stereocenters. The number of thiazole rings is 1. The predicted octanol–water partition coefficient (Wildman–Crippen LogP) is 2.85. The van der Waals surface area contributed by atoms with E-state index in [9.17, 15) is 0 Å². The molecule has 1 N–H and O–H groups in total. The molecule has 2 rings (SSSR count). The summed E-state index contributed by atoms with van der Waals surface area (Å²) in [4.78, 5) is 5.52. The molecule has 0 saturated heterocycles. The van der Waals surface area contributed by atoms with Crippen LogP contribution in [0.1, 0.15) is 20.3 Å². The molecule has 0 radical (unpaired) electrons. The smallest absolute Gasteiger partial charge is 0.183 e. The molecule has 0 fully saturated rings.